The number of ether oxygens (including phenoxy) is 3. The van der Waals surface area contributed by atoms with Crippen molar-refractivity contribution >= 4 is 29.4 Å². The number of hydrogen-bond acceptors (Lipinski definition) is 11. The minimum Gasteiger partial charge on any atom is -0.466 e. The average Bonchev–Trinajstić information content (AvgIpc) is 2.87. The van der Waals surface area contributed by atoms with Crippen LogP contribution in [-0.2, 0) is 23.8 Å². The summed E-state index contributed by atoms with van der Waals surface area (Å²) < 4.78 is 15.4. The molecule has 2 N–H and O–H groups in total. The zero-order valence-corrected chi connectivity index (χ0v) is 21.0. The molecule has 13 heteroatoms. The molecule has 3 rings (SSSR count). The van der Waals surface area contributed by atoms with Crippen LogP contribution in [0.4, 0.5) is 10.5 Å². The molecule has 2 aliphatic rings. The zero-order valence-electron chi connectivity index (χ0n) is 21.0. The van der Waals surface area contributed by atoms with Crippen LogP contribution in [0.1, 0.15) is 18.4 Å². The van der Waals surface area contributed by atoms with Gasteiger partial charge < -0.3 is 24.8 Å². The van der Waals surface area contributed by atoms with Gasteiger partial charge in [-0.3, -0.25) is 24.8 Å². The molecule has 2 unspecified atom stereocenters. The normalized spacial score (nSPS) is 20.7. The maximum atomic E-state index is 13.4. The third kappa shape index (κ3) is 6.89. The number of rotatable bonds is 9. The summed E-state index contributed by atoms with van der Waals surface area (Å²) in [4.78, 5) is 57.2. The molecule has 37 heavy (non-hydrogen) atoms. The molecule has 0 saturated carbocycles. The molecule has 2 aliphatic heterocycles. The van der Waals surface area contributed by atoms with E-state index < -0.39 is 41.4 Å². The number of non-ortho nitro benzene ring substituents is 1. The fourth-order valence-corrected chi connectivity index (χ4v) is 4.47. The standard InChI is InChI=1S/C24H31N5O8/c1-15-19(23(31)36-12-11-28-9-7-27(2)8-10-28)20(16-5-4-6-17(13-16)29(33)34)21(22(30)35-3)18(26-15)14-37-24(25)32/h4-6,13,19-20H,7-12,14H2,1-3H3,(H2,25,32). The monoisotopic (exact) mass is 517 g/mol. The van der Waals surface area contributed by atoms with Crippen molar-refractivity contribution in [3.8, 4) is 0 Å². The average molecular weight is 518 g/mol. The van der Waals surface area contributed by atoms with Gasteiger partial charge in [-0.1, -0.05) is 12.1 Å². The second-order valence-corrected chi connectivity index (χ2v) is 8.83. The molecule has 1 fully saturated rings. The van der Waals surface area contributed by atoms with E-state index in [2.05, 4.69) is 14.8 Å². The highest BCUT2D eigenvalue weighted by Crippen LogP contribution is 2.41. The first-order valence-corrected chi connectivity index (χ1v) is 11.7. The Kier molecular flexibility index (Phi) is 9.31. The molecular weight excluding hydrogens is 486 g/mol. The second kappa shape index (κ2) is 12.4. The largest absolute Gasteiger partial charge is 0.466 e. The number of carbonyl (C=O) groups is 3. The van der Waals surface area contributed by atoms with Crippen LogP contribution in [0.2, 0.25) is 0 Å². The molecule has 13 nitrogen and oxygen atoms in total. The smallest absolute Gasteiger partial charge is 0.404 e. The molecule has 0 spiro atoms. The highest BCUT2D eigenvalue weighted by Gasteiger charge is 2.43. The van der Waals surface area contributed by atoms with Crippen LogP contribution in [0.25, 0.3) is 0 Å². The molecule has 2 atom stereocenters. The molecule has 0 aliphatic carbocycles. The van der Waals surface area contributed by atoms with E-state index in [1.807, 2.05) is 7.05 Å². The molecule has 0 radical (unpaired) electrons. The van der Waals surface area contributed by atoms with E-state index in [9.17, 15) is 24.5 Å². The van der Waals surface area contributed by atoms with Gasteiger partial charge in [0, 0.05) is 56.5 Å². The summed E-state index contributed by atoms with van der Waals surface area (Å²) in [5, 5.41) is 11.4. The zero-order chi connectivity index (χ0) is 27.1. The summed E-state index contributed by atoms with van der Waals surface area (Å²) in [5.74, 6) is -3.57. The number of piperazine rings is 1. The fraction of sp³-hybridized carbons (Fsp3) is 0.500. The first kappa shape index (κ1) is 27.7. The quantitative estimate of drug-likeness (QED) is 0.217. The number of nitro benzene ring substituents is 1. The lowest BCUT2D eigenvalue weighted by Gasteiger charge is -2.33. The van der Waals surface area contributed by atoms with E-state index >= 15 is 0 Å². The van der Waals surface area contributed by atoms with E-state index in [4.69, 9.17) is 19.9 Å². The van der Waals surface area contributed by atoms with Crippen LogP contribution in [-0.4, -0.2) is 98.6 Å². The third-order valence-corrected chi connectivity index (χ3v) is 6.41. The fourth-order valence-electron chi connectivity index (χ4n) is 4.47. The lowest BCUT2D eigenvalue weighted by Crippen LogP contribution is -2.46. The summed E-state index contributed by atoms with van der Waals surface area (Å²) in [5.41, 5.74) is 5.42. The Morgan fingerprint density at radius 3 is 2.51 bits per heavy atom. The van der Waals surface area contributed by atoms with Gasteiger partial charge in [-0.25, -0.2) is 9.59 Å². The van der Waals surface area contributed by atoms with Crippen molar-refractivity contribution in [2.45, 2.75) is 12.8 Å². The van der Waals surface area contributed by atoms with Gasteiger partial charge in [0.25, 0.3) is 5.69 Å². The number of amides is 1. The van der Waals surface area contributed by atoms with Gasteiger partial charge in [0.15, 0.2) is 0 Å². The number of methoxy groups -OCH3 is 1. The molecule has 1 aromatic carbocycles. The summed E-state index contributed by atoms with van der Waals surface area (Å²) >= 11 is 0. The Balaban J connectivity index is 1.95. The summed E-state index contributed by atoms with van der Waals surface area (Å²) in [7, 11) is 3.20. The summed E-state index contributed by atoms with van der Waals surface area (Å²) in [6, 6.07) is 5.60. The number of nitrogens with zero attached hydrogens (tertiary/aromatic N) is 4. The van der Waals surface area contributed by atoms with Gasteiger partial charge in [0.1, 0.15) is 19.1 Å². The Morgan fingerprint density at radius 2 is 1.89 bits per heavy atom. The van der Waals surface area contributed by atoms with E-state index in [1.165, 1.54) is 18.2 Å². The molecule has 0 aromatic heterocycles. The number of aliphatic imine (C=N–C) groups is 1. The third-order valence-electron chi connectivity index (χ3n) is 6.41. The number of nitrogens with two attached hydrogens (primary N) is 1. The van der Waals surface area contributed by atoms with Crippen LogP contribution in [0.5, 0.6) is 0 Å². The number of nitro groups is 1. The van der Waals surface area contributed by atoms with Crippen molar-refractivity contribution in [2.75, 3.05) is 60.1 Å². The maximum Gasteiger partial charge on any atom is 0.404 e. The number of benzene rings is 1. The predicted molar refractivity (Wildman–Crippen MR) is 132 cm³/mol. The van der Waals surface area contributed by atoms with E-state index in [0.29, 0.717) is 12.1 Å². The number of hydrogen-bond donors (Lipinski definition) is 1. The first-order chi connectivity index (χ1) is 17.6. The van der Waals surface area contributed by atoms with Crippen molar-refractivity contribution in [1.82, 2.24) is 9.80 Å². The molecular formula is C24H31N5O8. The van der Waals surface area contributed by atoms with Gasteiger partial charge in [-0.05, 0) is 19.5 Å². The van der Waals surface area contributed by atoms with Gasteiger partial charge in [0.2, 0.25) is 0 Å². The van der Waals surface area contributed by atoms with Gasteiger partial charge in [-0.2, -0.15) is 0 Å². The molecule has 200 valence electrons. The highest BCUT2D eigenvalue weighted by atomic mass is 16.6. The van der Waals surface area contributed by atoms with Crippen LogP contribution >= 0.6 is 0 Å². The Hall–Kier alpha value is -3.84. The van der Waals surface area contributed by atoms with Crippen molar-refractivity contribution in [3.63, 3.8) is 0 Å². The van der Waals surface area contributed by atoms with Gasteiger partial charge >= 0.3 is 18.0 Å². The molecule has 1 aromatic rings. The van der Waals surface area contributed by atoms with Crippen LogP contribution in [0.15, 0.2) is 40.5 Å². The Bertz CT molecular complexity index is 1110. The van der Waals surface area contributed by atoms with Gasteiger partial charge in [0.05, 0.1) is 23.3 Å². The lowest BCUT2D eigenvalue weighted by atomic mass is 9.75. The van der Waals surface area contributed by atoms with Crippen LogP contribution in [0.3, 0.4) is 0 Å². The van der Waals surface area contributed by atoms with E-state index in [0.717, 1.165) is 33.3 Å². The minimum atomic E-state index is -1.08. The number of likely N-dealkylation sites (N-methyl/N-ethyl adjacent to an activating group) is 1. The summed E-state index contributed by atoms with van der Waals surface area (Å²) in [6.07, 6.45) is -1.08. The number of esters is 2. The number of primary amides is 1. The molecule has 1 saturated heterocycles. The van der Waals surface area contributed by atoms with Crippen molar-refractivity contribution in [1.29, 1.82) is 0 Å². The van der Waals surface area contributed by atoms with Crippen molar-refractivity contribution in [3.05, 3.63) is 51.2 Å². The van der Waals surface area contributed by atoms with Crippen LogP contribution in [0, 0.1) is 16.0 Å². The molecule has 0 bridgehead atoms. The van der Waals surface area contributed by atoms with Crippen molar-refractivity contribution < 1.29 is 33.5 Å². The van der Waals surface area contributed by atoms with E-state index in [-0.39, 0.29) is 29.3 Å². The van der Waals surface area contributed by atoms with E-state index in [1.54, 1.807) is 13.0 Å². The van der Waals surface area contributed by atoms with Crippen LogP contribution < -0.4 is 5.73 Å². The Labute approximate surface area is 214 Å². The van der Waals surface area contributed by atoms with Crippen molar-refractivity contribution in [2.24, 2.45) is 16.6 Å². The first-order valence-electron chi connectivity index (χ1n) is 11.7. The second-order valence-electron chi connectivity index (χ2n) is 8.83. The van der Waals surface area contributed by atoms with Gasteiger partial charge in [-0.15, -0.1) is 0 Å². The minimum absolute atomic E-state index is 0.0288. The Morgan fingerprint density at radius 1 is 1.19 bits per heavy atom. The molecule has 1 amide bonds. The molecule has 2 heterocycles. The topological polar surface area (TPSA) is 167 Å². The lowest BCUT2D eigenvalue weighted by molar-refractivity contribution is -0.384. The summed E-state index contributed by atoms with van der Waals surface area (Å²) in [6.45, 7) is 5.34. The maximum absolute atomic E-state index is 13.4. The highest BCUT2D eigenvalue weighted by molar-refractivity contribution is 6.07. The number of carbonyl (C=O) groups excluding carboxylic acids is 3. The predicted octanol–water partition coefficient (Wildman–Crippen LogP) is 1.08. The SMILES string of the molecule is COC(=O)C1=C(COC(N)=O)N=C(C)C(C(=O)OCCN2CCN(C)CC2)C1c1cccc([N+](=O)[O-])c1.